The molecule has 0 atom stereocenters. The van der Waals surface area contributed by atoms with Gasteiger partial charge in [0.1, 0.15) is 5.52 Å². The molecule has 0 fully saturated rings. The van der Waals surface area contributed by atoms with E-state index in [0.29, 0.717) is 5.52 Å². The maximum atomic E-state index is 12.9. The summed E-state index contributed by atoms with van der Waals surface area (Å²) < 4.78 is 12.9. The quantitative estimate of drug-likeness (QED) is 0.665. The van der Waals surface area contributed by atoms with Crippen molar-refractivity contribution in [2.75, 3.05) is 0 Å². The smallest absolute Gasteiger partial charge is 0.151 e. The predicted molar refractivity (Wildman–Crippen MR) is 54.3 cm³/mol. The van der Waals surface area contributed by atoms with E-state index in [1.54, 1.807) is 6.07 Å². The summed E-state index contributed by atoms with van der Waals surface area (Å²) in [5.41, 5.74) is 1.32. The van der Waals surface area contributed by atoms with Gasteiger partial charge in [-0.3, -0.25) is 5.10 Å². The van der Waals surface area contributed by atoms with Crippen LogP contribution in [0.3, 0.4) is 0 Å². The number of H-pyrrole nitrogens is 1. The van der Waals surface area contributed by atoms with Crippen LogP contribution in [0.15, 0.2) is 18.2 Å². The number of fused-ring (bicyclic) bond motifs is 1. The van der Waals surface area contributed by atoms with Crippen LogP contribution in [-0.2, 0) is 0 Å². The van der Waals surface area contributed by atoms with Gasteiger partial charge in [0.15, 0.2) is 5.82 Å². The summed E-state index contributed by atoms with van der Waals surface area (Å²) >= 11 is 0. The Kier molecular flexibility index (Phi) is 3.01. The van der Waals surface area contributed by atoms with Gasteiger partial charge in [0.2, 0.25) is 0 Å². The summed E-state index contributed by atoms with van der Waals surface area (Å²) in [4.78, 5) is 0. The topological polar surface area (TPSA) is 28.7 Å². The van der Waals surface area contributed by atoms with Crippen LogP contribution in [-0.4, -0.2) is 10.2 Å². The van der Waals surface area contributed by atoms with Gasteiger partial charge in [-0.1, -0.05) is 26.0 Å². The van der Waals surface area contributed by atoms with E-state index in [2.05, 4.69) is 10.2 Å². The Morgan fingerprint density at radius 1 is 1.38 bits per heavy atom. The van der Waals surface area contributed by atoms with Crippen LogP contribution >= 0.6 is 0 Å². The molecule has 0 radical (unpaired) electrons. The Labute approximate surface area is 78.3 Å². The molecule has 2 rings (SSSR count). The molecule has 1 aromatic carbocycles. The second-order valence-electron chi connectivity index (χ2n) is 2.48. The molecule has 1 N–H and O–H groups in total. The molecule has 72 valence electrons. The Balaban J connectivity index is 0.000000531. The highest BCUT2D eigenvalue weighted by atomic mass is 19.1. The Morgan fingerprint density at radius 3 is 2.69 bits per heavy atom. The molecule has 2 aromatic rings. The van der Waals surface area contributed by atoms with E-state index in [9.17, 15) is 4.39 Å². The van der Waals surface area contributed by atoms with E-state index < -0.39 is 0 Å². The van der Waals surface area contributed by atoms with Gasteiger partial charge in [0.25, 0.3) is 0 Å². The summed E-state index contributed by atoms with van der Waals surface area (Å²) in [6.07, 6.45) is 0. The first-order valence-corrected chi connectivity index (χ1v) is 4.38. The molecule has 13 heavy (non-hydrogen) atoms. The van der Waals surface area contributed by atoms with E-state index >= 15 is 0 Å². The highest BCUT2D eigenvalue weighted by molar-refractivity contribution is 5.81. The molecule has 0 unspecified atom stereocenters. The molecule has 0 saturated heterocycles. The summed E-state index contributed by atoms with van der Waals surface area (Å²) in [6, 6.07) is 4.93. The molecule has 0 aliphatic rings. The molecule has 0 spiro atoms. The number of para-hydroxylation sites is 1. The van der Waals surface area contributed by atoms with Gasteiger partial charge in [-0.25, -0.2) is 4.39 Å². The fourth-order valence-electron chi connectivity index (χ4n) is 1.13. The normalized spacial score (nSPS) is 9.54. The highest BCUT2D eigenvalue weighted by Gasteiger charge is 2.03. The SMILES string of the molecule is CC.Cc1[nH]nc2c(F)cccc12.[HH]. The number of halogens is 1. The van der Waals surface area contributed by atoms with Crippen molar-refractivity contribution < 1.29 is 5.82 Å². The molecule has 2 nitrogen and oxygen atoms in total. The summed E-state index contributed by atoms with van der Waals surface area (Å²) in [5, 5.41) is 7.40. The van der Waals surface area contributed by atoms with Crippen molar-refractivity contribution in [1.82, 2.24) is 10.2 Å². The van der Waals surface area contributed by atoms with Crippen molar-refractivity contribution in [3.05, 3.63) is 29.7 Å². The molecular formula is C10H15FN2. The molecule has 1 aromatic heterocycles. The van der Waals surface area contributed by atoms with Gasteiger partial charge in [0.05, 0.1) is 0 Å². The molecule has 0 aliphatic heterocycles. The second-order valence-corrected chi connectivity index (χ2v) is 2.48. The van der Waals surface area contributed by atoms with Crippen LogP contribution in [0.2, 0.25) is 0 Å². The largest absolute Gasteiger partial charge is 0.282 e. The fourth-order valence-corrected chi connectivity index (χ4v) is 1.13. The van der Waals surface area contributed by atoms with E-state index in [-0.39, 0.29) is 7.24 Å². The van der Waals surface area contributed by atoms with Gasteiger partial charge in [-0.05, 0) is 13.0 Å². The standard InChI is InChI=1S/C8H7FN2.C2H6.H2/c1-5-6-3-2-4-7(9)8(6)11-10-5;1-2;/h2-4H,1H3,(H,10,11);1-2H3;1H. The lowest BCUT2D eigenvalue weighted by molar-refractivity contribution is 0.636. The Hall–Kier alpha value is -1.38. The first-order chi connectivity index (χ1) is 6.29. The summed E-state index contributed by atoms with van der Waals surface area (Å²) in [5.74, 6) is -0.271. The van der Waals surface area contributed by atoms with E-state index in [1.165, 1.54) is 6.07 Å². The number of benzene rings is 1. The second kappa shape index (κ2) is 4.03. The molecule has 3 heteroatoms. The fraction of sp³-hybridized carbons (Fsp3) is 0.300. The number of nitrogens with one attached hydrogen (secondary N) is 1. The van der Waals surface area contributed by atoms with Crippen LogP contribution in [0.4, 0.5) is 4.39 Å². The zero-order chi connectivity index (χ0) is 9.84. The van der Waals surface area contributed by atoms with Crippen molar-refractivity contribution in [3.8, 4) is 0 Å². The van der Waals surface area contributed by atoms with Crippen molar-refractivity contribution in [1.29, 1.82) is 0 Å². The lowest BCUT2D eigenvalue weighted by Crippen LogP contribution is -1.75. The number of aryl methyl sites for hydroxylation is 1. The van der Waals surface area contributed by atoms with Gasteiger partial charge in [0, 0.05) is 12.5 Å². The zero-order valence-electron chi connectivity index (χ0n) is 8.06. The summed E-state index contributed by atoms with van der Waals surface area (Å²) in [7, 11) is 0. The van der Waals surface area contributed by atoms with Gasteiger partial charge < -0.3 is 0 Å². The highest BCUT2D eigenvalue weighted by Crippen LogP contribution is 2.16. The molecular weight excluding hydrogens is 167 g/mol. The Morgan fingerprint density at radius 2 is 2.08 bits per heavy atom. The van der Waals surface area contributed by atoms with Crippen molar-refractivity contribution in [2.24, 2.45) is 0 Å². The first kappa shape index (κ1) is 9.71. The molecule has 0 saturated carbocycles. The molecule has 1 heterocycles. The van der Waals surface area contributed by atoms with E-state index in [1.807, 2.05) is 26.8 Å². The minimum Gasteiger partial charge on any atom is -0.282 e. The molecule has 0 aliphatic carbocycles. The van der Waals surface area contributed by atoms with Gasteiger partial charge >= 0.3 is 0 Å². The third kappa shape index (κ3) is 1.69. The van der Waals surface area contributed by atoms with Gasteiger partial charge in [-0.2, -0.15) is 5.10 Å². The van der Waals surface area contributed by atoms with Crippen LogP contribution in [0, 0.1) is 12.7 Å². The Bertz CT molecular complexity index is 398. The number of hydrogen-bond donors (Lipinski definition) is 1. The van der Waals surface area contributed by atoms with Crippen LogP contribution in [0.25, 0.3) is 10.9 Å². The van der Waals surface area contributed by atoms with E-state index in [0.717, 1.165) is 11.1 Å². The third-order valence-corrected chi connectivity index (χ3v) is 1.73. The maximum absolute atomic E-state index is 12.9. The minimum absolute atomic E-state index is 0. The minimum atomic E-state index is -0.271. The van der Waals surface area contributed by atoms with Crippen molar-refractivity contribution in [3.63, 3.8) is 0 Å². The third-order valence-electron chi connectivity index (χ3n) is 1.73. The van der Waals surface area contributed by atoms with Crippen LogP contribution in [0.5, 0.6) is 0 Å². The lowest BCUT2D eigenvalue weighted by Gasteiger charge is -1.88. The van der Waals surface area contributed by atoms with E-state index in [4.69, 9.17) is 0 Å². The average molecular weight is 182 g/mol. The number of hydrogen-bond acceptors (Lipinski definition) is 1. The average Bonchev–Trinajstić information content (AvgIpc) is 2.53. The lowest BCUT2D eigenvalue weighted by atomic mass is 10.2. The molecule has 0 bridgehead atoms. The predicted octanol–water partition coefficient (Wildman–Crippen LogP) is 3.28. The number of aromatic nitrogens is 2. The van der Waals surface area contributed by atoms with Crippen LogP contribution in [0.1, 0.15) is 21.0 Å². The number of nitrogens with zero attached hydrogens (tertiary/aromatic N) is 1. The number of aromatic amines is 1. The monoisotopic (exact) mass is 182 g/mol. The van der Waals surface area contributed by atoms with Gasteiger partial charge in [-0.15, -0.1) is 0 Å². The van der Waals surface area contributed by atoms with Crippen molar-refractivity contribution >= 4 is 10.9 Å². The molecule has 0 amide bonds. The summed E-state index contributed by atoms with van der Waals surface area (Å²) in [6.45, 7) is 5.87. The first-order valence-electron chi connectivity index (χ1n) is 4.38. The zero-order valence-corrected chi connectivity index (χ0v) is 8.06. The number of rotatable bonds is 0. The van der Waals surface area contributed by atoms with Crippen LogP contribution < -0.4 is 0 Å². The van der Waals surface area contributed by atoms with Crippen molar-refractivity contribution in [2.45, 2.75) is 20.8 Å². The maximum Gasteiger partial charge on any atom is 0.151 e.